The fourth-order valence-corrected chi connectivity index (χ4v) is 1.15. The van der Waals surface area contributed by atoms with Crippen LogP contribution in [0, 0.1) is 11.8 Å². The molecule has 0 spiro atoms. The molecule has 0 heterocycles. The van der Waals surface area contributed by atoms with Crippen LogP contribution in [-0.4, -0.2) is 26.0 Å². The van der Waals surface area contributed by atoms with E-state index in [9.17, 15) is 4.79 Å². The number of hydrogen-bond acceptors (Lipinski definition) is 3. The zero-order chi connectivity index (χ0) is 7.56. The van der Waals surface area contributed by atoms with Crippen molar-refractivity contribution >= 4 is 5.78 Å². The van der Waals surface area contributed by atoms with Crippen molar-refractivity contribution in [3.8, 4) is 0 Å². The third-order valence-electron chi connectivity index (χ3n) is 1.93. The molecule has 0 bridgehead atoms. The molecule has 1 saturated carbocycles. The van der Waals surface area contributed by atoms with Gasteiger partial charge in [-0.25, -0.2) is 0 Å². The van der Waals surface area contributed by atoms with Crippen LogP contribution in [0.15, 0.2) is 0 Å². The standard InChI is InChI=1S/C7H13NO2/c1-10-4-7(9)6-2-5(6)3-8/h5-6H,2-4,8H2,1H3. The summed E-state index contributed by atoms with van der Waals surface area (Å²) in [6.07, 6.45) is 0.971. The van der Waals surface area contributed by atoms with Gasteiger partial charge in [0.05, 0.1) is 0 Å². The van der Waals surface area contributed by atoms with Gasteiger partial charge in [-0.15, -0.1) is 0 Å². The lowest BCUT2D eigenvalue weighted by Crippen LogP contribution is -2.12. The Morgan fingerprint density at radius 2 is 2.50 bits per heavy atom. The van der Waals surface area contributed by atoms with Crippen LogP contribution in [0.5, 0.6) is 0 Å². The molecule has 0 aromatic carbocycles. The van der Waals surface area contributed by atoms with E-state index in [4.69, 9.17) is 10.5 Å². The zero-order valence-corrected chi connectivity index (χ0v) is 6.17. The molecule has 1 rings (SSSR count). The van der Waals surface area contributed by atoms with Gasteiger partial charge in [-0.05, 0) is 18.9 Å². The molecule has 1 aliphatic rings. The molecule has 3 heteroatoms. The SMILES string of the molecule is COCC(=O)C1CC1CN. The monoisotopic (exact) mass is 143 g/mol. The maximum atomic E-state index is 11.0. The first kappa shape index (κ1) is 7.69. The van der Waals surface area contributed by atoms with E-state index in [0.29, 0.717) is 12.5 Å². The summed E-state index contributed by atoms with van der Waals surface area (Å²) < 4.78 is 4.71. The Bertz CT molecular complexity index is 136. The molecule has 1 aliphatic carbocycles. The highest BCUT2D eigenvalue weighted by atomic mass is 16.5. The minimum atomic E-state index is 0.206. The Morgan fingerprint density at radius 3 is 2.90 bits per heavy atom. The molecule has 58 valence electrons. The van der Waals surface area contributed by atoms with Gasteiger partial charge in [-0.2, -0.15) is 0 Å². The lowest BCUT2D eigenvalue weighted by molar-refractivity contribution is -0.124. The molecule has 3 nitrogen and oxygen atoms in total. The van der Waals surface area contributed by atoms with Gasteiger partial charge in [0, 0.05) is 13.0 Å². The molecule has 1 fully saturated rings. The average Bonchev–Trinajstić information content (AvgIpc) is 2.66. The fraction of sp³-hybridized carbons (Fsp3) is 0.857. The number of nitrogens with two attached hydrogens (primary N) is 1. The van der Waals surface area contributed by atoms with Crippen molar-refractivity contribution in [2.75, 3.05) is 20.3 Å². The van der Waals surface area contributed by atoms with E-state index in [2.05, 4.69) is 0 Å². The quantitative estimate of drug-likeness (QED) is 0.592. The summed E-state index contributed by atoms with van der Waals surface area (Å²) >= 11 is 0. The summed E-state index contributed by atoms with van der Waals surface area (Å²) in [5, 5.41) is 0. The van der Waals surface area contributed by atoms with Gasteiger partial charge in [-0.1, -0.05) is 0 Å². The van der Waals surface area contributed by atoms with E-state index in [-0.39, 0.29) is 18.3 Å². The predicted molar refractivity (Wildman–Crippen MR) is 37.5 cm³/mol. The van der Waals surface area contributed by atoms with Crippen molar-refractivity contribution in [3.05, 3.63) is 0 Å². The molecule has 0 aromatic heterocycles. The van der Waals surface area contributed by atoms with Crippen LogP contribution in [0.2, 0.25) is 0 Å². The molecular weight excluding hydrogens is 130 g/mol. The van der Waals surface area contributed by atoms with Crippen LogP contribution in [-0.2, 0) is 9.53 Å². The number of ketones is 1. The Morgan fingerprint density at radius 1 is 1.80 bits per heavy atom. The molecule has 0 radical (unpaired) electrons. The Kier molecular flexibility index (Phi) is 2.40. The Balaban J connectivity index is 2.19. The van der Waals surface area contributed by atoms with E-state index in [1.165, 1.54) is 7.11 Å². The number of Topliss-reactive ketones (excluding diaryl/α,β-unsaturated/α-hetero) is 1. The van der Waals surface area contributed by atoms with Crippen molar-refractivity contribution in [3.63, 3.8) is 0 Å². The summed E-state index contributed by atoms with van der Waals surface area (Å²) in [6, 6.07) is 0. The van der Waals surface area contributed by atoms with E-state index in [0.717, 1.165) is 6.42 Å². The van der Waals surface area contributed by atoms with Crippen LogP contribution in [0.3, 0.4) is 0 Å². The Labute approximate surface area is 60.5 Å². The third-order valence-corrected chi connectivity index (χ3v) is 1.93. The molecule has 0 aromatic rings. The molecule has 0 saturated heterocycles. The second-order valence-electron chi connectivity index (χ2n) is 2.74. The van der Waals surface area contributed by atoms with Gasteiger partial charge in [0.2, 0.25) is 0 Å². The maximum absolute atomic E-state index is 11.0. The van der Waals surface area contributed by atoms with Gasteiger partial charge >= 0.3 is 0 Å². The second kappa shape index (κ2) is 3.12. The van der Waals surface area contributed by atoms with Crippen molar-refractivity contribution < 1.29 is 9.53 Å². The van der Waals surface area contributed by atoms with E-state index < -0.39 is 0 Å². The molecule has 0 aliphatic heterocycles. The molecule has 2 unspecified atom stereocenters. The van der Waals surface area contributed by atoms with Gasteiger partial charge in [0.25, 0.3) is 0 Å². The zero-order valence-electron chi connectivity index (χ0n) is 6.17. The summed E-state index contributed by atoms with van der Waals surface area (Å²) in [7, 11) is 1.54. The van der Waals surface area contributed by atoms with Gasteiger partial charge in [0.1, 0.15) is 6.61 Å². The van der Waals surface area contributed by atoms with Crippen LogP contribution >= 0.6 is 0 Å². The van der Waals surface area contributed by atoms with Crippen molar-refractivity contribution in [1.29, 1.82) is 0 Å². The number of carbonyl (C=O) groups is 1. The highest BCUT2D eigenvalue weighted by Gasteiger charge is 2.40. The fourth-order valence-electron chi connectivity index (χ4n) is 1.15. The molecule has 2 N–H and O–H groups in total. The third kappa shape index (κ3) is 1.55. The Hall–Kier alpha value is -0.410. The van der Waals surface area contributed by atoms with Gasteiger partial charge in [0.15, 0.2) is 5.78 Å². The molecule has 0 amide bonds. The number of rotatable bonds is 4. The average molecular weight is 143 g/mol. The first-order chi connectivity index (χ1) is 4.79. The normalized spacial score (nSPS) is 30.2. The van der Waals surface area contributed by atoms with E-state index >= 15 is 0 Å². The van der Waals surface area contributed by atoms with Crippen molar-refractivity contribution in [2.24, 2.45) is 17.6 Å². The lowest BCUT2D eigenvalue weighted by Gasteiger charge is -1.95. The minimum absolute atomic E-state index is 0.206. The minimum Gasteiger partial charge on any atom is -0.377 e. The highest BCUT2D eigenvalue weighted by Crippen LogP contribution is 2.37. The lowest BCUT2D eigenvalue weighted by atomic mass is 10.2. The van der Waals surface area contributed by atoms with Gasteiger partial charge in [-0.3, -0.25) is 4.79 Å². The number of carbonyl (C=O) groups excluding carboxylic acids is 1. The molecule has 10 heavy (non-hydrogen) atoms. The van der Waals surface area contributed by atoms with Gasteiger partial charge < -0.3 is 10.5 Å². The predicted octanol–water partition coefficient (Wildman–Crippen LogP) is -0.203. The molecular formula is C7H13NO2. The van der Waals surface area contributed by atoms with Crippen LogP contribution < -0.4 is 5.73 Å². The summed E-state index contributed by atoms with van der Waals surface area (Å²) in [5.74, 6) is 0.866. The first-order valence-electron chi connectivity index (χ1n) is 3.51. The van der Waals surface area contributed by atoms with Crippen molar-refractivity contribution in [2.45, 2.75) is 6.42 Å². The highest BCUT2D eigenvalue weighted by molar-refractivity contribution is 5.84. The second-order valence-corrected chi connectivity index (χ2v) is 2.74. The largest absolute Gasteiger partial charge is 0.377 e. The molecule has 2 atom stereocenters. The number of ether oxygens (including phenoxy) is 1. The summed E-state index contributed by atoms with van der Waals surface area (Å²) in [5.41, 5.74) is 5.37. The smallest absolute Gasteiger partial charge is 0.161 e. The van der Waals surface area contributed by atoms with E-state index in [1.54, 1.807) is 0 Å². The van der Waals surface area contributed by atoms with E-state index in [1.807, 2.05) is 0 Å². The first-order valence-corrected chi connectivity index (χ1v) is 3.51. The van der Waals surface area contributed by atoms with Crippen LogP contribution in [0.1, 0.15) is 6.42 Å². The maximum Gasteiger partial charge on any atom is 0.161 e. The van der Waals surface area contributed by atoms with Crippen molar-refractivity contribution in [1.82, 2.24) is 0 Å². The number of methoxy groups -OCH3 is 1. The van der Waals surface area contributed by atoms with Crippen LogP contribution in [0.25, 0.3) is 0 Å². The van der Waals surface area contributed by atoms with Crippen LogP contribution in [0.4, 0.5) is 0 Å². The number of hydrogen-bond donors (Lipinski definition) is 1. The summed E-state index contributed by atoms with van der Waals surface area (Å²) in [4.78, 5) is 11.0. The topological polar surface area (TPSA) is 52.3 Å². The summed E-state index contributed by atoms with van der Waals surface area (Å²) in [6.45, 7) is 0.890.